The molecule has 0 fully saturated rings. The van der Waals surface area contributed by atoms with E-state index in [1.54, 1.807) is 0 Å². The second-order valence-electron chi connectivity index (χ2n) is 17.1. The first kappa shape index (κ1) is 34.8. The number of para-hydroxylation sites is 2. The Morgan fingerprint density at radius 2 is 1.16 bits per heavy atom. The number of aromatic nitrogens is 2. The Bertz CT molecular complexity index is 3400. The summed E-state index contributed by atoms with van der Waals surface area (Å²) in [6, 6.07) is 67.6. The minimum Gasteiger partial charge on any atom is -0.457 e. The van der Waals surface area contributed by atoms with Crippen molar-refractivity contribution in [1.29, 1.82) is 0 Å². The molecular formula is C58H46N4O. The molecule has 8 aromatic carbocycles. The molecule has 304 valence electrons. The van der Waals surface area contributed by atoms with Crippen LogP contribution in [0.1, 0.15) is 30.4 Å². The number of fused-ring (bicyclic) bond motifs is 4. The number of nitrogens with zero attached hydrogens (tertiary/aromatic N) is 4. The van der Waals surface area contributed by atoms with Crippen LogP contribution in [0.2, 0.25) is 0 Å². The summed E-state index contributed by atoms with van der Waals surface area (Å²) in [5.41, 5.74) is 12.8. The van der Waals surface area contributed by atoms with Gasteiger partial charge in [-0.25, -0.2) is 4.98 Å². The van der Waals surface area contributed by atoms with Gasteiger partial charge in [-0.3, -0.25) is 4.57 Å². The van der Waals surface area contributed by atoms with Gasteiger partial charge in [0, 0.05) is 45.9 Å². The third-order valence-corrected chi connectivity index (χ3v) is 12.0. The van der Waals surface area contributed by atoms with Crippen LogP contribution in [0.4, 0.5) is 22.7 Å². The normalized spacial score (nSPS) is 13.2. The van der Waals surface area contributed by atoms with Gasteiger partial charge >= 0.3 is 0 Å². The monoisotopic (exact) mass is 817 g/mol. The summed E-state index contributed by atoms with van der Waals surface area (Å²) in [5.74, 6) is 1.61. The molecule has 0 radical (unpaired) electrons. The molecule has 0 unspecified atom stereocenters. The number of anilines is 4. The molecule has 0 aliphatic carbocycles. The Balaban J connectivity index is 1.03. The molecule has 0 N–H and O–H groups in total. The van der Waals surface area contributed by atoms with Crippen LogP contribution in [0.15, 0.2) is 212 Å². The van der Waals surface area contributed by atoms with Gasteiger partial charge in [0.15, 0.2) is 0 Å². The van der Waals surface area contributed by atoms with Gasteiger partial charge in [0.25, 0.3) is 0 Å². The Hall–Kier alpha value is -7.89. The molecule has 3 heterocycles. The molecule has 10 aromatic rings. The van der Waals surface area contributed by atoms with Crippen molar-refractivity contribution in [3.05, 3.63) is 218 Å². The predicted molar refractivity (Wildman–Crippen MR) is 262 cm³/mol. The minimum absolute atomic E-state index is 0.0157. The number of benzene rings is 8. The fraction of sp³-hybridized carbons (Fsp3) is 0.0862. The standard InChI is InChI=1S/C58H46N4O/c1-58(2,3)44-33-34-59-56(36-44)62-52-28-14-13-25-50(52)51-31-30-47(38-54(51)62)63-46-24-15-23-45(37-46)60-39-61(53-32-29-43(35-55(53)60)40-17-7-4-8-18-40)57-48(41-19-9-5-10-20-41)26-16-27-49(57)42-21-11-6-12-22-42/h4-38H,39H2,1-3H3/i33D,34D,36D. The number of hydrogen-bond acceptors (Lipinski definition) is 4. The maximum atomic E-state index is 9.37. The molecule has 0 bridgehead atoms. The molecule has 63 heavy (non-hydrogen) atoms. The summed E-state index contributed by atoms with van der Waals surface area (Å²) < 4.78 is 35.5. The summed E-state index contributed by atoms with van der Waals surface area (Å²) in [7, 11) is 0. The largest absolute Gasteiger partial charge is 0.457 e. The van der Waals surface area contributed by atoms with Gasteiger partial charge < -0.3 is 14.5 Å². The van der Waals surface area contributed by atoms with Gasteiger partial charge in [-0.2, -0.15) is 0 Å². The van der Waals surface area contributed by atoms with E-state index >= 15 is 0 Å². The van der Waals surface area contributed by atoms with Gasteiger partial charge in [-0.05, 0) is 87.8 Å². The van der Waals surface area contributed by atoms with Crippen molar-refractivity contribution < 1.29 is 8.85 Å². The van der Waals surface area contributed by atoms with Crippen LogP contribution in [-0.4, -0.2) is 16.2 Å². The zero-order chi connectivity index (χ0) is 45.1. The van der Waals surface area contributed by atoms with E-state index in [2.05, 4.69) is 166 Å². The zero-order valence-corrected chi connectivity index (χ0v) is 35.4. The van der Waals surface area contributed by atoms with Crippen molar-refractivity contribution in [2.45, 2.75) is 26.2 Å². The first-order chi connectivity index (χ1) is 32.1. The first-order valence-electron chi connectivity index (χ1n) is 22.9. The fourth-order valence-corrected chi connectivity index (χ4v) is 8.90. The van der Waals surface area contributed by atoms with E-state index in [9.17, 15) is 1.37 Å². The molecule has 5 nitrogen and oxygen atoms in total. The van der Waals surface area contributed by atoms with Crippen molar-refractivity contribution in [2.24, 2.45) is 0 Å². The van der Waals surface area contributed by atoms with E-state index in [4.69, 9.17) is 7.48 Å². The molecule has 11 rings (SSSR count). The molecule has 5 heteroatoms. The third-order valence-electron chi connectivity index (χ3n) is 12.0. The highest BCUT2D eigenvalue weighted by atomic mass is 16.5. The average molecular weight is 818 g/mol. The van der Waals surface area contributed by atoms with Crippen molar-refractivity contribution in [1.82, 2.24) is 9.55 Å². The van der Waals surface area contributed by atoms with E-state index in [1.165, 1.54) is 0 Å². The lowest BCUT2D eigenvalue weighted by Gasteiger charge is -2.27. The molecular weight excluding hydrogens is 769 g/mol. The van der Waals surface area contributed by atoms with Crippen LogP contribution >= 0.6 is 0 Å². The molecule has 1 aliphatic rings. The van der Waals surface area contributed by atoms with Gasteiger partial charge in [-0.1, -0.05) is 160 Å². The average Bonchev–Trinajstić information content (AvgIpc) is 3.88. The first-order valence-corrected chi connectivity index (χ1v) is 21.4. The molecule has 0 atom stereocenters. The maximum absolute atomic E-state index is 9.37. The van der Waals surface area contributed by atoms with Gasteiger partial charge in [0.2, 0.25) is 0 Å². The Labute approximate surface area is 373 Å². The van der Waals surface area contributed by atoms with E-state index in [-0.39, 0.29) is 18.3 Å². The Morgan fingerprint density at radius 1 is 0.524 bits per heavy atom. The van der Waals surface area contributed by atoms with Crippen LogP contribution in [0.3, 0.4) is 0 Å². The van der Waals surface area contributed by atoms with Crippen LogP contribution in [0, 0.1) is 0 Å². The summed E-state index contributed by atoms with van der Waals surface area (Å²) >= 11 is 0. The summed E-state index contributed by atoms with van der Waals surface area (Å²) in [4.78, 5) is 9.40. The zero-order valence-electron chi connectivity index (χ0n) is 38.4. The Kier molecular flexibility index (Phi) is 8.58. The molecule has 0 amide bonds. The molecule has 0 saturated carbocycles. The van der Waals surface area contributed by atoms with E-state index < -0.39 is 5.41 Å². The lowest BCUT2D eigenvalue weighted by Crippen LogP contribution is -2.25. The SMILES string of the molecule is [2H]c1nc(-n2c3ccccc3c3ccc(Oc4cccc(N5CN(c6c(-c7ccccc7)cccc6-c6ccccc6)c6ccc(-c7ccccc7)cc65)c4)cc32)c([2H])c(C(C)(C)C)c1[2H]. The second-order valence-corrected chi connectivity index (χ2v) is 17.1. The molecule has 2 aromatic heterocycles. The van der Waals surface area contributed by atoms with Gasteiger partial charge in [0.1, 0.15) is 24.0 Å². The number of pyridine rings is 1. The predicted octanol–water partition coefficient (Wildman–Crippen LogP) is 15.5. The number of ether oxygens (including phenoxy) is 1. The second kappa shape index (κ2) is 15.5. The molecule has 1 aliphatic heterocycles. The lowest BCUT2D eigenvalue weighted by atomic mass is 9.88. The van der Waals surface area contributed by atoms with Crippen LogP contribution in [0.25, 0.3) is 61.0 Å². The number of rotatable bonds is 8. The lowest BCUT2D eigenvalue weighted by molar-refractivity contribution is 0.483. The van der Waals surface area contributed by atoms with Crippen LogP contribution in [0.5, 0.6) is 11.5 Å². The smallest absolute Gasteiger partial charge is 0.137 e. The highest BCUT2D eigenvalue weighted by Gasteiger charge is 2.32. The third kappa shape index (κ3) is 6.98. The van der Waals surface area contributed by atoms with E-state index in [0.717, 1.165) is 77.9 Å². The topological polar surface area (TPSA) is 33.5 Å². The van der Waals surface area contributed by atoms with Gasteiger partial charge in [-0.15, -0.1) is 0 Å². The minimum atomic E-state index is -0.537. The number of hydrogen-bond donors (Lipinski definition) is 0. The highest BCUT2D eigenvalue weighted by molar-refractivity contribution is 6.09. The van der Waals surface area contributed by atoms with Gasteiger partial charge in [0.05, 0.1) is 32.2 Å². The molecule has 0 saturated heterocycles. The molecule has 0 spiro atoms. The maximum Gasteiger partial charge on any atom is 0.137 e. The highest BCUT2D eigenvalue weighted by Crippen LogP contribution is 2.51. The fourth-order valence-electron chi connectivity index (χ4n) is 8.90. The Morgan fingerprint density at radius 3 is 1.87 bits per heavy atom. The van der Waals surface area contributed by atoms with E-state index in [1.807, 2.05) is 67.8 Å². The van der Waals surface area contributed by atoms with Crippen molar-refractivity contribution in [3.63, 3.8) is 0 Å². The van der Waals surface area contributed by atoms with Crippen LogP contribution in [-0.2, 0) is 5.41 Å². The van der Waals surface area contributed by atoms with E-state index in [0.29, 0.717) is 29.5 Å². The quantitative estimate of drug-likeness (QED) is 0.153. The summed E-state index contributed by atoms with van der Waals surface area (Å²) in [6.45, 7) is 6.47. The van der Waals surface area contributed by atoms with Crippen molar-refractivity contribution >= 4 is 44.6 Å². The summed E-state index contributed by atoms with van der Waals surface area (Å²) in [5, 5.41) is 1.97. The summed E-state index contributed by atoms with van der Waals surface area (Å²) in [6.07, 6.45) is -0.154. The van der Waals surface area contributed by atoms with Crippen molar-refractivity contribution in [2.75, 3.05) is 16.5 Å². The van der Waals surface area contributed by atoms with Crippen molar-refractivity contribution in [3.8, 4) is 50.7 Å². The van der Waals surface area contributed by atoms with Crippen LogP contribution < -0.4 is 14.5 Å².